The van der Waals surface area contributed by atoms with E-state index < -0.39 is 6.17 Å². The third-order valence-corrected chi connectivity index (χ3v) is 3.38. The van der Waals surface area contributed by atoms with Crippen molar-refractivity contribution in [1.82, 2.24) is 0 Å². The molecule has 0 aliphatic heterocycles. The van der Waals surface area contributed by atoms with Gasteiger partial charge in [-0.2, -0.15) is 0 Å². The molecule has 1 saturated carbocycles. The van der Waals surface area contributed by atoms with Gasteiger partial charge in [0.05, 0.1) is 5.02 Å². The first-order chi connectivity index (χ1) is 7.16. The van der Waals surface area contributed by atoms with E-state index in [-0.39, 0.29) is 10.8 Å². The molecule has 0 aromatic heterocycles. The van der Waals surface area contributed by atoms with Crippen LogP contribution in [0.15, 0.2) is 18.2 Å². The maximum atomic E-state index is 13.2. The van der Waals surface area contributed by atoms with E-state index in [4.69, 9.17) is 11.6 Å². The Morgan fingerprint density at radius 1 is 1.13 bits per heavy atom. The molecule has 0 heterocycles. The van der Waals surface area contributed by atoms with Crippen molar-refractivity contribution in [2.24, 2.45) is 0 Å². The Balaban J connectivity index is 2.12. The minimum absolute atomic E-state index is 0.151. The lowest BCUT2D eigenvalue weighted by atomic mass is 9.83. The monoisotopic (exact) mass is 230 g/mol. The van der Waals surface area contributed by atoms with Gasteiger partial charge in [-0.3, -0.25) is 0 Å². The third-order valence-electron chi connectivity index (χ3n) is 3.07. The molecule has 1 aromatic rings. The summed E-state index contributed by atoms with van der Waals surface area (Å²) >= 11 is 5.61. The fourth-order valence-electron chi connectivity index (χ4n) is 2.15. The smallest absolute Gasteiger partial charge is 0.142 e. The molecule has 0 atom stereocenters. The van der Waals surface area contributed by atoms with Crippen molar-refractivity contribution in [2.75, 3.05) is 0 Å². The Morgan fingerprint density at radius 2 is 1.80 bits per heavy atom. The van der Waals surface area contributed by atoms with E-state index in [0.29, 0.717) is 18.8 Å². The minimum atomic E-state index is -0.668. The van der Waals surface area contributed by atoms with Gasteiger partial charge in [-0.15, -0.1) is 0 Å². The van der Waals surface area contributed by atoms with E-state index in [9.17, 15) is 8.78 Å². The van der Waals surface area contributed by atoms with Crippen molar-refractivity contribution in [1.29, 1.82) is 0 Å². The summed E-state index contributed by atoms with van der Waals surface area (Å²) in [5, 5.41) is 0.151. The molecule has 1 aromatic carbocycles. The Labute approximate surface area is 93.2 Å². The van der Waals surface area contributed by atoms with Crippen LogP contribution in [0.3, 0.4) is 0 Å². The molecule has 0 unspecified atom stereocenters. The molecular weight excluding hydrogens is 218 g/mol. The minimum Gasteiger partial charge on any atom is -0.247 e. The van der Waals surface area contributed by atoms with Crippen molar-refractivity contribution in [3.63, 3.8) is 0 Å². The Hall–Kier alpha value is -0.630. The third kappa shape index (κ3) is 2.49. The molecule has 0 amide bonds. The van der Waals surface area contributed by atoms with Gasteiger partial charge in [0.2, 0.25) is 0 Å². The van der Waals surface area contributed by atoms with Crippen LogP contribution >= 0.6 is 11.6 Å². The van der Waals surface area contributed by atoms with Crippen LogP contribution in [-0.4, -0.2) is 6.17 Å². The molecule has 0 bridgehead atoms. The summed E-state index contributed by atoms with van der Waals surface area (Å²) in [6, 6.07) is 4.90. The van der Waals surface area contributed by atoms with Crippen LogP contribution in [0.1, 0.15) is 37.2 Å². The van der Waals surface area contributed by atoms with Gasteiger partial charge in [-0.1, -0.05) is 17.7 Å². The fourth-order valence-corrected chi connectivity index (χ4v) is 2.27. The van der Waals surface area contributed by atoms with Crippen molar-refractivity contribution in [3.05, 3.63) is 34.6 Å². The van der Waals surface area contributed by atoms with E-state index in [1.165, 1.54) is 6.07 Å². The number of hydrogen-bond donors (Lipinski definition) is 0. The van der Waals surface area contributed by atoms with Crippen LogP contribution in [0.25, 0.3) is 0 Å². The molecule has 1 aliphatic rings. The van der Waals surface area contributed by atoms with Gasteiger partial charge < -0.3 is 0 Å². The molecule has 0 spiro atoms. The first-order valence-electron chi connectivity index (χ1n) is 5.26. The Bertz CT molecular complexity index is 343. The second-order valence-corrected chi connectivity index (χ2v) is 4.53. The maximum Gasteiger partial charge on any atom is 0.142 e. The van der Waals surface area contributed by atoms with Crippen molar-refractivity contribution >= 4 is 11.6 Å². The zero-order valence-corrected chi connectivity index (χ0v) is 9.11. The highest BCUT2D eigenvalue weighted by Gasteiger charge is 2.22. The van der Waals surface area contributed by atoms with E-state index in [1.54, 1.807) is 6.07 Å². The molecular formula is C12H13ClF2. The van der Waals surface area contributed by atoms with Gasteiger partial charge in [0, 0.05) is 0 Å². The number of alkyl halides is 1. The van der Waals surface area contributed by atoms with Crippen LogP contribution in [0.2, 0.25) is 5.02 Å². The molecule has 82 valence electrons. The highest BCUT2D eigenvalue weighted by atomic mass is 35.5. The number of hydrogen-bond acceptors (Lipinski definition) is 0. The quantitative estimate of drug-likeness (QED) is 0.668. The lowest BCUT2D eigenvalue weighted by molar-refractivity contribution is 0.235. The average molecular weight is 231 g/mol. The van der Waals surface area contributed by atoms with Gasteiger partial charge in [0.25, 0.3) is 0 Å². The lowest BCUT2D eigenvalue weighted by Crippen LogP contribution is -2.13. The molecule has 1 fully saturated rings. The highest BCUT2D eigenvalue weighted by molar-refractivity contribution is 6.30. The fraction of sp³-hybridized carbons (Fsp3) is 0.500. The summed E-state index contributed by atoms with van der Waals surface area (Å²) in [5.41, 5.74) is 0.948. The Kier molecular flexibility index (Phi) is 3.25. The van der Waals surface area contributed by atoms with Gasteiger partial charge in [0.1, 0.15) is 12.0 Å². The SMILES string of the molecule is Fc1cc(C2CCC(F)CC2)ccc1Cl. The molecule has 2 rings (SSSR count). The highest BCUT2D eigenvalue weighted by Crippen LogP contribution is 2.34. The van der Waals surface area contributed by atoms with Crippen LogP contribution in [-0.2, 0) is 0 Å². The van der Waals surface area contributed by atoms with E-state index in [2.05, 4.69) is 0 Å². The second kappa shape index (κ2) is 4.48. The van der Waals surface area contributed by atoms with Crippen molar-refractivity contribution in [3.8, 4) is 0 Å². The second-order valence-electron chi connectivity index (χ2n) is 4.12. The Morgan fingerprint density at radius 3 is 2.40 bits per heavy atom. The van der Waals surface area contributed by atoms with Gasteiger partial charge >= 0.3 is 0 Å². The first kappa shape index (κ1) is 10.9. The molecule has 15 heavy (non-hydrogen) atoms. The first-order valence-corrected chi connectivity index (χ1v) is 5.63. The molecule has 3 heteroatoms. The van der Waals surface area contributed by atoms with Crippen LogP contribution in [0, 0.1) is 5.82 Å². The summed E-state index contributed by atoms with van der Waals surface area (Å²) in [7, 11) is 0. The van der Waals surface area contributed by atoms with Gasteiger partial charge in [0.15, 0.2) is 0 Å². The van der Waals surface area contributed by atoms with Gasteiger partial charge in [-0.25, -0.2) is 8.78 Å². The zero-order chi connectivity index (χ0) is 10.8. The van der Waals surface area contributed by atoms with E-state index in [1.807, 2.05) is 6.07 Å². The standard InChI is InChI=1S/C12H13ClF2/c13-11-6-3-9(7-12(11)15)8-1-4-10(14)5-2-8/h3,6-8,10H,1-2,4-5H2. The van der Waals surface area contributed by atoms with Gasteiger partial charge in [-0.05, 0) is 49.3 Å². The molecule has 0 N–H and O–H groups in total. The average Bonchev–Trinajstić information content (AvgIpc) is 2.23. The summed E-state index contributed by atoms with van der Waals surface area (Å²) in [4.78, 5) is 0. The van der Waals surface area contributed by atoms with Crippen LogP contribution in [0.5, 0.6) is 0 Å². The summed E-state index contributed by atoms with van der Waals surface area (Å²) in [6.45, 7) is 0. The number of halogens is 3. The van der Waals surface area contributed by atoms with Crippen LogP contribution in [0.4, 0.5) is 8.78 Å². The number of benzene rings is 1. The van der Waals surface area contributed by atoms with E-state index in [0.717, 1.165) is 18.4 Å². The predicted octanol–water partition coefficient (Wildman–Crippen LogP) is 4.47. The number of rotatable bonds is 1. The normalized spacial score (nSPS) is 26.6. The summed E-state index contributed by atoms with van der Waals surface area (Å²) in [5.74, 6) is -0.0831. The van der Waals surface area contributed by atoms with Crippen molar-refractivity contribution < 1.29 is 8.78 Å². The summed E-state index contributed by atoms with van der Waals surface area (Å²) < 4.78 is 26.1. The molecule has 1 aliphatic carbocycles. The summed E-state index contributed by atoms with van der Waals surface area (Å²) in [6.07, 6.45) is 2.13. The maximum absolute atomic E-state index is 13.2. The largest absolute Gasteiger partial charge is 0.247 e. The van der Waals surface area contributed by atoms with Crippen molar-refractivity contribution in [2.45, 2.75) is 37.8 Å². The zero-order valence-electron chi connectivity index (χ0n) is 8.35. The van der Waals surface area contributed by atoms with Crippen LogP contribution < -0.4 is 0 Å². The molecule has 0 radical (unpaired) electrons. The van der Waals surface area contributed by atoms with E-state index >= 15 is 0 Å². The predicted molar refractivity (Wildman–Crippen MR) is 57.5 cm³/mol. The molecule has 0 nitrogen and oxygen atoms in total. The lowest BCUT2D eigenvalue weighted by Gasteiger charge is -2.24. The molecule has 0 saturated heterocycles. The topological polar surface area (TPSA) is 0 Å².